The van der Waals surface area contributed by atoms with Crippen LogP contribution in [0.2, 0.25) is 0 Å². The van der Waals surface area contributed by atoms with Gasteiger partial charge in [-0.3, -0.25) is 0 Å². The van der Waals surface area contributed by atoms with Gasteiger partial charge in [0.2, 0.25) is 0 Å². The van der Waals surface area contributed by atoms with Crippen molar-refractivity contribution in [2.45, 2.75) is 12.8 Å². The van der Waals surface area contributed by atoms with Crippen LogP contribution < -0.4 is 0 Å². The molecule has 1 heterocycles. The fraction of sp³-hybridized carbons (Fsp3) is 0.0909. The number of rotatable bonds is 1. The average molecular weight is 295 g/mol. The minimum absolute atomic E-state index is 1.12. The van der Waals surface area contributed by atoms with Gasteiger partial charge in [-0.15, -0.1) is 0 Å². The normalized spacial score (nSPS) is 13.6. The predicted octanol–water partition coefficient (Wildman–Crippen LogP) is 5.95. The first-order chi connectivity index (χ1) is 11.4. The number of allylic oxidation sites excluding steroid dienone is 1. The van der Waals surface area contributed by atoms with Crippen molar-refractivity contribution in [2.75, 3.05) is 0 Å². The Kier molecular flexibility index (Phi) is 2.68. The van der Waals surface area contributed by atoms with Gasteiger partial charge in [0.25, 0.3) is 0 Å². The number of hydrogen-bond donors (Lipinski definition) is 1. The second-order valence-electron chi connectivity index (χ2n) is 6.22. The maximum atomic E-state index is 3.60. The minimum Gasteiger partial charge on any atom is -0.354 e. The van der Waals surface area contributed by atoms with Crippen molar-refractivity contribution >= 4 is 27.9 Å². The molecule has 0 bridgehead atoms. The van der Waals surface area contributed by atoms with E-state index in [1.54, 1.807) is 0 Å². The van der Waals surface area contributed by atoms with Crippen molar-refractivity contribution in [1.29, 1.82) is 0 Å². The van der Waals surface area contributed by atoms with Gasteiger partial charge in [0.1, 0.15) is 0 Å². The number of para-hydroxylation sites is 1. The zero-order chi connectivity index (χ0) is 15.2. The van der Waals surface area contributed by atoms with Gasteiger partial charge in [0.15, 0.2) is 0 Å². The van der Waals surface area contributed by atoms with Gasteiger partial charge in [-0.2, -0.15) is 0 Å². The molecule has 0 amide bonds. The van der Waals surface area contributed by atoms with E-state index >= 15 is 0 Å². The monoisotopic (exact) mass is 295 g/mol. The molecule has 1 heteroatoms. The number of nitrogens with one attached hydrogen (secondary N) is 1. The molecule has 4 aromatic rings. The summed E-state index contributed by atoms with van der Waals surface area (Å²) in [5.41, 5.74) is 7.99. The third kappa shape index (κ3) is 1.86. The molecular formula is C22H17N. The van der Waals surface area contributed by atoms with E-state index in [4.69, 9.17) is 0 Å². The second kappa shape index (κ2) is 4.85. The van der Waals surface area contributed by atoms with Gasteiger partial charge in [-0.25, -0.2) is 0 Å². The van der Waals surface area contributed by atoms with Crippen LogP contribution in [0.15, 0.2) is 66.7 Å². The molecule has 0 saturated carbocycles. The first kappa shape index (κ1) is 12.7. The fourth-order valence-electron chi connectivity index (χ4n) is 3.85. The molecule has 0 aliphatic heterocycles. The van der Waals surface area contributed by atoms with Crippen molar-refractivity contribution in [3.63, 3.8) is 0 Å². The highest BCUT2D eigenvalue weighted by molar-refractivity contribution is 6.13. The lowest BCUT2D eigenvalue weighted by molar-refractivity contribution is 0.992. The first-order valence-electron chi connectivity index (χ1n) is 8.20. The summed E-state index contributed by atoms with van der Waals surface area (Å²) in [6.07, 6.45) is 6.86. The molecule has 0 spiro atoms. The third-order valence-electron chi connectivity index (χ3n) is 4.87. The van der Waals surface area contributed by atoms with Crippen LogP contribution in [-0.4, -0.2) is 4.98 Å². The summed E-state index contributed by atoms with van der Waals surface area (Å²) in [6, 6.07) is 21.7. The van der Waals surface area contributed by atoms with Crippen molar-refractivity contribution in [3.8, 4) is 11.1 Å². The van der Waals surface area contributed by atoms with Crippen LogP contribution in [-0.2, 0) is 6.42 Å². The number of H-pyrrole nitrogens is 1. The number of hydrogen-bond acceptors (Lipinski definition) is 0. The van der Waals surface area contributed by atoms with Crippen LogP contribution in [0.25, 0.3) is 39.0 Å². The Labute approximate surface area is 135 Å². The zero-order valence-corrected chi connectivity index (χ0v) is 12.8. The fourth-order valence-corrected chi connectivity index (χ4v) is 3.85. The summed E-state index contributed by atoms with van der Waals surface area (Å²) in [5.74, 6) is 0. The van der Waals surface area contributed by atoms with Gasteiger partial charge in [-0.05, 0) is 47.2 Å². The molecule has 5 rings (SSSR count). The van der Waals surface area contributed by atoms with E-state index in [1.807, 2.05) is 0 Å². The highest BCUT2D eigenvalue weighted by Crippen LogP contribution is 2.39. The molecule has 0 radical (unpaired) electrons. The SMILES string of the molecule is C1=Cc2c(c(-c3ccccc3)cc3[nH]c4ccccc4c23)CC1. The largest absolute Gasteiger partial charge is 0.354 e. The Bertz CT molecular complexity index is 1050. The molecule has 1 nitrogen and oxygen atoms in total. The van der Waals surface area contributed by atoms with Crippen molar-refractivity contribution in [1.82, 2.24) is 4.98 Å². The highest BCUT2D eigenvalue weighted by Gasteiger charge is 2.17. The molecule has 0 atom stereocenters. The lowest BCUT2D eigenvalue weighted by Gasteiger charge is -2.17. The van der Waals surface area contributed by atoms with E-state index in [9.17, 15) is 0 Å². The predicted molar refractivity (Wildman–Crippen MR) is 98.6 cm³/mol. The summed E-state index contributed by atoms with van der Waals surface area (Å²) in [6.45, 7) is 0. The quantitative estimate of drug-likeness (QED) is 0.447. The van der Waals surface area contributed by atoms with Crippen LogP contribution in [0.5, 0.6) is 0 Å². The number of aromatic amines is 1. The molecule has 23 heavy (non-hydrogen) atoms. The standard InChI is InChI=1S/C22H17N/c1-2-8-15(9-3-1)19-14-21-22(17-11-5-4-10-16(17)19)18-12-6-7-13-20(18)23-21/h1-3,5-9,11-14,23H,4,10H2. The Balaban J connectivity index is 1.95. The Hall–Kier alpha value is -2.80. The van der Waals surface area contributed by atoms with Gasteiger partial charge in [-0.1, -0.05) is 60.7 Å². The third-order valence-corrected chi connectivity index (χ3v) is 4.87. The Morgan fingerprint density at radius 1 is 0.826 bits per heavy atom. The van der Waals surface area contributed by atoms with Crippen LogP contribution in [0, 0.1) is 0 Å². The topological polar surface area (TPSA) is 15.8 Å². The van der Waals surface area contributed by atoms with E-state index in [-0.39, 0.29) is 0 Å². The van der Waals surface area contributed by atoms with Gasteiger partial charge >= 0.3 is 0 Å². The van der Waals surface area contributed by atoms with E-state index in [2.05, 4.69) is 77.8 Å². The molecule has 1 aliphatic carbocycles. The molecule has 0 fully saturated rings. The number of fused-ring (bicyclic) bond motifs is 5. The molecular weight excluding hydrogens is 278 g/mol. The lowest BCUT2D eigenvalue weighted by Crippen LogP contribution is -1.98. The van der Waals surface area contributed by atoms with Crippen molar-refractivity contribution in [3.05, 3.63) is 77.9 Å². The van der Waals surface area contributed by atoms with E-state index in [0.29, 0.717) is 0 Å². The summed E-state index contributed by atoms with van der Waals surface area (Å²) >= 11 is 0. The Morgan fingerprint density at radius 2 is 1.65 bits per heavy atom. The number of benzene rings is 3. The van der Waals surface area contributed by atoms with Gasteiger partial charge in [0.05, 0.1) is 0 Å². The summed E-state index contributed by atoms with van der Waals surface area (Å²) < 4.78 is 0. The maximum absolute atomic E-state index is 3.60. The van der Waals surface area contributed by atoms with Crippen LogP contribution >= 0.6 is 0 Å². The summed E-state index contributed by atoms with van der Waals surface area (Å²) in [4.78, 5) is 3.60. The van der Waals surface area contributed by atoms with E-state index in [1.165, 1.54) is 44.1 Å². The van der Waals surface area contributed by atoms with E-state index < -0.39 is 0 Å². The van der Waals surface area contributed by atoms with Crippen LogP contribution in [0.3, 0.4) is 0 Å². The smallest absolute Gasteiger partial charge is 0.0477 e. The first-order valence-corrected chi connectivity index (χ1v) is 8.20. The molecule has 1 aliphatic rings. The van der Waals surface area contributed by atoms with Gasteiger partial charge < -0.3 is 4.98 Å². The molecule has 1 N–H and O–H groups in total. The average Bonchev–Trinajstić information content (AvgIpc) is 3.00. The molecule has 1 aromatic heterocycles. The molecule has 0 unspecified atom stereocenters. The van der Waals surface area contributed by atoms with Crippen LogP contribution in [0.4, 0.5) is 0 Å². The Morgan fingerprint density at radius 3 is 2.57 bits per heavy atom. The molecule has 110 valence electrons. The zero-order valence-electron chi connectivity index (χ0n) is 12.8. The molecule has 3 aromatic carbocycles. The lowest BCUT2D eigenvalue weighted by atomic mass is 9.86. The molecule has 0 saturated heterocycles. The van der Waals surface area contributed by atoms with Crippen LogP contribution in [0.1, 0.15) is 17.5 Å². The second-order valence-corrected chi connectivity index (χ2v) is 6.22. The maximum Gasteiger partial charge on any atom is 0.0477 e. The minimum atomic E-state index is 1.12. The highest BCUT2D eigenvalue weighted by atomic mass is 14.7. The number of aromatic nitrogens is 1. The van der Waals surface area contributed by atoms with Crippen molar-refractivity contribution in [2.24, 2.45) is 0 Å². The van der Waals surface area contributed by atoms with Gasteiger partial charge in [0, 0.05) is 21.8 Å². The summed E-state index contributed by atoms with van der Waals surface area (Å²) in [5, 5.41) is 2.69. The van der Waals surface area contributed by atoms with E-state index in [0.717, 1.165) is 12.8 Å². The van der Waals surface area contributed by atoms with Crippen molar-refractivity contribution < 1.29 is 0 Å². The summed E-state index contributed by atoms with van der Waals surface area (Å²) in [7, 11) is 0.